The number of hydrogen-bond acceptors (Lipinski definition) is 4. The molecule has 3 rings (SSSR count). The normalized spacial score (nSPS) is 10.5. The van der Waals surface area contributed by atoms with Gasteiger partial charge in [-0.2, -0.15) is 0 Å². The first-order valence-electron chi connectivity index (χ1n) is 7.61. The van der Waals surface area contributed by atoms with Crippen LogP contribution in [-0.4, -0.2) is 22.4 Å². The molecular formula is C18H17N3OS2. The van der Waals surface area contributed by atoms with Crippen LogP contribution in [0.25, 0.3) is 11.1 Å². The van der Waals surface area contributed by atoms with E-state index >= 15 is 0 Å². The zero-order valence-electron chi connectivity index (χ0n) is 13.2. The van der Waals surface area contributed by atoms with E-state index in [1.165, 1.54) is 0 Å². The number of benzene rings is 1. The number of aromatic amines is 1. The van der Waals surface area contributed by atoms with Gasteiger partial charge in [-0.1, -0.05) is 42.5 Å². The molecule has 6 heteroatoms. The van der Waals surface area contributed by atoms with Gasteiger partial charge in [0.25, 0.3) is 5.91 Å². The molecule has 0 atom stereocenters. The molecule has 1 aromatic carbocycles. The summed E-state index contributed by atoms with van der Waals surface area (Å²) in [6.45, 7) is 2.50. The van der Waals surface area contributed by atoms with Crippen LogP contribution in [0.4, 0.5) is 0 Å². The number of rotatable bonds is 5. The van der Waals surface area contributed by atoms with Crippen molar-refractivity contribution in [3.8, 4) is 11.1 Å². The Labute approximate surface area is 149 Å². The number of thiazole rings is 1. The number of amides is 1. The highest BCUT2D eigenvalue weighted by Crippen LogP contribution is 2.19. The third-order valence-corrected chi connectivity index (χ3v) is 4.91. The van der Waals surface area contributed by atoms with E-state index in [2.05, 4.69) is 15.3 Å². The summed E-state index contributed by atoms with van der Waals surface area (Å²) in [6.07, 6.45) is 2.55. The van der Waals surface area contributed by atoms with Crippen LogP contribution in [0.2, 0.25) is 0 Å². The molecule has 2 N–H and O–H groups in total. The van der Waals surface area contributed by atoms with E-state index in [0.717, 1.165) is 28.2 Å². The molecule has 0 fully saturated rings. The summed E-state index contributed by atoms with van der Waals surface area (Å²) in [4.78, 5) is 19.8. The van der Waals surface area contributed by atoms with Crippen LogP contribution in [0.1, 0.15) is 21.1 Å². The monoisotopic (exact) mass is 355 g/mol. The Morgan fingerprint density at radius 3 is 2.79 bits per heavy atom. The molecule has 2 heterocycles. The van der Waals surface area contributed by atoms with Gasteiger partial charge in [-0.05, 0) is 24.1 Å². The zero-order chi connectivity index (χ0) is 16.9. The average molecular weight is 355 g/mol. The van der Waals surface area contributed by atoms with Gasteiger partial charge in [-0.3, -0.25) is 4.79 Å². The standard InChI is InChI=1S/C18H17N3OS2/c1-12-11-24-16(21-12)7-8-19-17(22)15-9-14(10-20-18(15)23)13-5-3-2-4-6-13/h2-6,9-11H,7-8H2,1H3,(H,19,22)(H,20,23). The summed E-state index contributed by atoms with van der Waals surface area (Å²) in [5, 5.41) is 5.95. The highest BCUT2D eigenvalue weighted by atomic mass is 32.1. The van der Waals surface area contributed by atoms with Crippen molar-refractivity contribution < 1.29 is 4.79 Å². The summed E-state index contributed by atoms with van der Waals surface area (Å²) in [5.41, 5.74) is 3.47. The van der Waals surface area contributed by atoms with Crippen molar-refractivity contribution in [1.82, 2.24) is 15.3 Å². The molecule has 0 aliphatic rings. The molecule has 0 aliphatic heterocycles. The number of hydrogen-bond donors (Lipinski definition) is 2. The van der Waals surface area contributed by atoms with E-state index in [9.17, 15) is 4.79 Å². The molecular weight excluding hydrogens is 338 g/mol. The molecule has 2 aromatic heterocycles. The predicted octanol–water partition coefficient (Wildman–Crippen LogP) is 4.15. The summed E-state index contributed by atoms with van der Waals surface area (Å²) < 4.78 is 0.442. The van der Waals surface area contributed by atoms with Gasteiger partial charge < -0.3 is 10.3 Å². The van der Waals surface area contributed by atoms with Crippen LogP contribution in [-0.2, 0) is 6.42 Å². The second-order valence-corrected chi connectivity index (χ2v) is 6.74. The summed E-state index contributed by atoms with van der Waals surface area (Å²) in [6, 6.07) is 11.7. The maximum absolute atomic E-state index is 12.4. The van der Waals surface area contributed by atoms with Crippen molar-refractivity contribution in [3.63, 3.8) is 0 Å². The van der Waals surface area contributed by atoms with Gasteiger partial charge in [0.15, 0.2) is 0 Å². The van der Waals surface area contributed by atoms with Gasteiger partial charge in [-0.25, -0.2) is 4.98 Å². The minimum atomic E-state index is -0.165. The first kappa shape index (κ1) is 16.5. The largest absolute Gasteiger partial charge is 0.352 e. The van der Waals surface area contributed by atoms with Crippen LogP contribution in [0, 0.1) is 11.6 Å². The summed E-state index contributed by atoms with van der Waals surface area (Å²) >= 11 is 6.87. The Morgan fingerprint density at radius 2 is 2.08 bits per heavy atom. The van der Waals surface area contributed by atoms with Crippen LogP contribution >= 0.6 is 23.6 Å². The minimum Gasteiger partial charge on any atom is -0.352 e. The fraction of sp³-hybridized carbons (Fsp3) is 0.167. The maximum Gasteiger partial charge on any atom is 0.254 e. The van der Waals surface area contributed by atoms with Crippen molar-refractivity contribution in [1.29, 1.82) is 0 Å². The third kappa shape index (κ3) is 3.96. The molecule has 0 bridgehead atoms. The lowest BCUT2D eigenvalue weighted by atomic mass is 10.1. The van der Waals surface area contributed by atoms with Gasteiger partial charge in [0.2, 0.25) is 0 Å². The first-order chi connectivity index (χ1) is 11.6. The van der Waals surface area contributed by atoms with E-state index < -0.39 is 0 Å². The molecule has 1 amide bonds. The van der Waals surface area contributed by atoms with Crippen molar-refractivity contribution in [2.45, 2.75) is 13.3 Å². The lowest BCUT2D eigenvalue weighted by Gasteiger charge is -2.07. The van der Waals surface area contributed by atoms with Gasteiger partial charge in [-0.15, -0.1) is 11.3 Å². The average Bonchev–Trinajstić information content (AvgIpc) is 3.01. The molecule has 0 saturated heterocycles. The number of pyridine rings is 1. The molecule has 0 spiro atoms. The Bertz CT molecular complexity index is 900. The van der Waals surface area contributed by atoms with Crippen LogP contribution in [0.3, 0.4) is 0 Å². The fourth-order valence-electron chi connectivity index (χ4n) is 2.35. The van der Waals surface area contributed by atoms with Crippen molar-refractivity contribution in [3.05, 3.63) is 68.9 Å². The van der Waals surface area contributed by atoms with E-state index in [4.69, 9.17) is 12.2 Å². The summed E-state index contributed by atoms with van der Waals surface area (Å²) in [5.74, 6) is -0.165. The van der Waals surface area contributed by atoms with Gasteiger partial charge in [0.1, 0.15) is 4.64 Å². The second-order valence-electron chi connectivity index (χ2n) is 5.39. The van der Waals surface area contributed by atoms with Crippen LogP contribution in [0.15, 0.2) is 48.0 Å². The molecule has 24 heavy (non-hydrogen) atoms. The fourth-order valence-corrected chi connectivity index (χ4v) is 3.33. The van der Waals surface area contributed by atoms with E-state index in [1.54, 1.807) is 11.3 Å². The maximum atomic E-state index is 12.4. The predicted molar refractivity (Wildman–Crippen MR) is 100.0 cm³/mol. The number of carbonyl (C=O) groups excluding carboxylic acids is 1. The molecule has 0 aliphatic carbocycles. The second kappa shape index (κ2) is 7.51. The summed E-state index contributed by atoms with van der Waals surface area (Å²) in [7, 11) is 0. The number of nitrogens with one attached hydrogen (secondary N) is 2. The molecule has 0 radical (unpaired) electrons. The highest BCUT2D eigenvalue weighted by Gasteiger charge is 2.10. The zero-order valence-corrected chi connectivity index (χ0v) is 14.8. The number of aromatic nitrogens is 2. The minimum absolute atomic E-state index is 0.165. The molecule has 4 nitrogen and oxygen atoms in total. The highest BCUT2D eigenvalue weighted by molar-refractivity contribution is 7.71. The Morgan fingerprint density at radius 1 is 1.29 bits per heavy atom. The van der Waals surface area contributed by atoms with E-state index in [-0.39, 0.29) is 5.91 Å². The lowest BCUT2D eigenvalue weighted by molar-refractivity contribution is 0.0953. The van der Waals surface area contributed by atoms with Crippen LogP contribution in [0.5, 0.6) is 0 Å². The SMILES string of the molecule is Cc1csc(CCNC(=O)c2cc(-c3ccccc3)c[nH]c2=S)n1. The quantitative estimate of drug-likeness (QED) is 0.676. The van der Waals surface area contributed by atoms with Crippen molar-refractivity contribution in [2.24, 2.45) is 0 Å². The van der Waals surface area contributed by atoms with Crippen molar-refractivity contribution >= 4 is 29.5 Å². The molecule has 122 valence electrons. The van der Waals surface area contributed by atoms with Crippen LogP contribution < -0.4 is 5.32 Å². The number of H-pyrrole nitrogens is 1. The Balaban J connectivity index is 1.71. The number of aryl methyl sites for hydroxylation is 1. The number of nitrogens with zero attached hydrogens (tertiary/aromatic N) is 1. The molecule has 0 unspecified atom stereocenters. The smallest absolute Gasteiger partial charge is 0.254 e. The third-order valence-electron chi connectivity index (χ3n) is 3.55. The topological polar surface area (TPSA) is 57.8 Å². The molecule has 3 aromatic rings. The van der Waals surface area contributed by atoms with Gasteiger partial charge in [0.05, 0.1) is 10.6 Å². The van der Waals surface area contributed by atoms with E-state index in [0.29, 0.717) is 16.7 Å². The van der Waals surface area contributed by atoms with Gasteiger partial charge >= 0.3 is 0 Å². The first-order valence-corrected chi connectivity index (χ1v) is 8.89. The Hall–Kier alpha value is -2.31. The van der Waals surface area contributed by atoms with Crippen molar-refractivity contribution in [2.75, 3.05) is 6.54 Å². The van der Waals surface area contributed by atoms with Gasteiger partial charge in [0, 0.05) is 30.2 Å². The number of carbonyl (C=O) groups is 1. The Kier molecular flexibility index (Phi) is 5.17. The molecule has 0 saturated carbocycles. The lowest BCUT2D eigenvalue weighted by Crippen LogP contribution is -2.26. The van der Waals surface area contributed by atoms with E-state index in [1.807, 2.05) is 54.9 Å².